The molecule has 2 N–H and O–H groups in total. The van der Waals surface area contributed by atoms with E-state index >= 15 is 0 Å². The summed E-state index contributed by atoms with van der Waals surface area (Å²) in [4.78, 5) is 22.5. The van der Waals surface area contributed by atoms with Crippen LogP contribution in [0.5, 0.6) is 0 Å². The van der Waals surface area contributed by atoms with Gasteiger partial charge >= 0.3 is 0 Å². The Bertz CT molecular complexity index is 501. The van der Waals surface area contributed by atoms with Crippen molar-refractivity contribution in [2.75, 3.05) is 18.9 Å². The zero-order valence-corrected chi connectivity index (χ0v) is 12.8. The van der Waals surface area contributed by atoms with Crippen LogP contribution in [0.4, 0.5) is 11.4 Å². The summed E-state index contributed by atoms with van der Waals surface area (Å²) in [5.41, 5.74) is 0.593. The molecule has 1 aromatic carbocycles. The van der Waals surface area contributed by atoms with E-state index in [0.29, 0.717) is 18.2 Å². The third-order valence-electron chi connectivity index (χ3n) is 3.22. The van der Waals surface area contributed by atoms with Crippen LogP contribution >= 0.6 is 0 Å². The van der Waals surface area contributed by atoms with Crippen LogP contribution in [-0.4, -0.2) is 24.4 Å². The molecule has 116 valence electrons. The second-order valence-corrected chi connectivity index (χ2v) is 5.38. The molecular weight excluding hydrogens is 270 g/mol. The molecule has 1 rings (SSSR count). The highest BCUT2D eigenvalue weighted by Gasteiger charge is 2.20. The van der Waals surface area contributed by atoms with Crippen molar-refractivity contribution in [1.82, 2.24) is 5.32 Å². The van der Waals surface area contributed by atoms with Gasteiger partial charge in [-0.05, 0) is 24.5 Å². The van der Waals surface area contributed by atoms with Gasteiger partial charge in [-0.15, -0.1) is 0 Å². The lowest BCUT2D eigenvalue weighted by Crippen LogP contribution is -2.25. The molecule has 6 nitrogen and oxygen atoms in total. The maximum atomic E-state index is 12.1. The molecule has 0 fully saturated rings. The average Bonchev–Trinajstić information content (AvgIpc) is 2.45. The molecule has 0 saturated carbocycles. The van der Waals surface area contributed by atoms with E-state index in [1.54, 1.807) is 13.1 Å². The summed E-state index contributed by atoms with van der Waals surface area (Å²) >= 11 is 0. The highest BCUT2D eigenvalue weighted by atomic mass is 16.6. The maximum absolute atomic E-state index is 12.1. The van der Waals surface area contributed by atoms with E-state index in [1.165, 1.54) is 12.1 Å². The molecule has 0 aromatic heterocycles. The van der Waals surface area contributed by atoms with Crippen molar-refractivity contribution in [2.24, 2.45) is 5.92 Å². The Morgan fingerprint density at radius 2 is 2.05 bits per heavy atom. The second-order valence-electron chi connectivity index (χ2n) is 5.38. The Kier molecular flexibility index (Phi) is 6.65. The van der Waals surface area contributed by atoms with Gasteiger partial charge in [0, 0.05) is 25.3 Å². The van der Waals surface area contributed by atoms with Gasteiger partial charge in [-0.1, -0.05) is 26.7 Å². The van der Waals surface area contributed by atoms with Crippen LogP contribution in [0.15, 0.2) is 18.2 Å². The SMILES string of the molecule is CNc1ccc([N+](=O)[O-])c(C(=O)NCCCCC(C)C)c1. The van der Waals surface area contributed by atoms with Gasteiger partial charge < -0.3 is 10.6 Å². The third-order valence-corrected chi connectivity index (χ3v) is 3.22. The van der Waals surface area contributed by atoms with Crippen molar-refractivity contribution in [3.8, 4) is 0 Å². The molecular formula is C15H23N3O3. The summed E-state index contributed by atoms with van der Waals surface area (Å²) in [7, 11) is 1.70. The van der Waals surface area contributed by atoms with E-state index < -0.39 is 10.8 Å². The predicted octanol–water partition coefficient (Wildman–Crippen LogP) is 3.19. The number of anilines is 1. The Balaban J connectivity index is 2.65. The van der Waals surface area contributed by atoms with E-state index in [-0.39, 0.29) is 11.3 Å². The summed E-state index contributed by atoms with van der Waals surface area (Å²) < 4.78 is 0. The van der Waals surface area contributed by atoms with Crippen LogP contribution in [0.25, 0.3) is 0 Å². The lowest BCUT2D eigenvalue weighted by Gasteiger charge is -2.08. The minimum atomic E-state index is -0.535. The lowest BCUT2D eigenvalue weighted by atomic mass is 10.1. The Hall–Kier alpha value is -2.11. The summed E-state index contributed by atoms with van der Waals surface area (Å²) in [6.45, 7) is 4.85. The van der Waals surface area contributed by atoms with Crippen molar-refractivity contribution in [2.45, 2.75) is 33.1 Å². The van der Waals surface area contributed by atoms with Crippen LogP contribution in [0.3, 0.4) is 0 Å². The van der Waals surface area contributed by atoms with Crippen molar-refractivity contribution < 1.29 is 9.72 Å². The number of nitrogens with zero attached hydrogens (tertiary/aromatic N) is 1. The van der Waals surface area contributed by atoms with Gasteiger partial charge in [0.1, 0.15) is 5.56 Å². The first-order valence-corrected chi connectivity index (χ1v) is 7.20. The molecule has 0 aliphatic carbocycles. The number of hydrogen-bond donors (Lipinski definition) is 2. The van der Waals surface area contributed by atoms with Gasteiger partial charge in [-0.2, -0.15) is 0 Å². The number of carbonyl (C=O) groups is 1. The van der Waals surface area contributed by atoms with E-state index in [2.05, 4.69) is 24.5 Å². The van der Waals surface area contributed by atoms with Crippen LogP contribution in [0.1, 0.15) is 43.5 Å². The van der Waals surface area contributed by atoms with Crippen molar-refractivity contribution in [1.29, 1.82) is 0 Å². The number of nitrogens with one attached hydrogen (secondary N) is 2. The van der Waals surface area contributed by atoms with E-state index in [4.69, 9.17) is 0 Å². The van der Waals surface area contributed by atoms with Crippen LogP contribution in [-0.2, 0) is 0 Å². The maximum Gasteiger partial charge on any atom is 0.282 e. The molecule has 0 spiro atoms. The molecule has 0 atom stereocenters. The number of rotatable bonds is 8. The first-order valence-electron chi connectivity index (χ1n) is 7.20. The van der Waals surface area contributed by atoms with E-state index in [1.807, 2.05) is 0 Å². The highest BCUT2D eigenvalue weighted by Crippen LogP contribution is 2.22. The van der Waals surface area contributed by atoms with E-state index in [0.717, 1.165) is 19.3 Å². The van der Waals surface area contributed by atoms with Crippen LogP contribution in [0.2, 0.25) is 0 Å². The van der Waals surface area contributed by atoms with E-state index in [9.17, 15) is 14.9 Å². The number of amides is 1. The van der Waals surface area contributed by atoms with Gasteiger partial charge in [0.2, 0.25) is 0 Å². The lowest BCUT2D eigenvalue weighted by molar-refractivity contribution is -0.385. The molecule has 0 saturated heterocycles. The monoisotopic (exact) mass is 293 g/mol. The van der Waals surface area contributed by atoms with Crippen LogP contribution in [0, 0.1) is 16.0 Å². The van der Waals surface area contributed by atoms with Gasteiger partial charge in [-0.3, -0.25) is 14.9 Å². The smallest absolute Gasteiger partial charge is 0.282 e. The second kappa shape index (κ2) is 8.24. The van der Waals surface area contributed by atoms with Crippen LogP contribution < -0.4 is 10.6 Å². The van der Waals surface area contributed by atoms with Crippen molar-refractivity contribution in [3.63, 3.8) is 0 Å². The largest absolute Gasteiger partial charge is 0.388 e. The minimum absolute atomic E-state index is 0.0932. The predicted molar refractivity (Wildman–Crippen MR) is 83.7 cm³/mol. The standard InChI is InChI=1S/C15H23N3O3/c1-11(2)6-4-5-9-17-15(19)13-10-12(16-3)7-8-14(13)18(20)21/h7-8,10-11,16H,4-6,9H2,1-3H3,(H,17,19). The fourth-order valence-electron chi connectivity index (χ4n) is 2.01. The quantitative estimate of drug-likeness (QED) is 0.438. The summed E-state index contributed by atoms with van der Waals surface area (Å²) in [6.07, 6.45) is 3.03. The van der Waals surface area contributed by atoms with Crippen molar-refractivity contribution >= 4 is 17.3 Å². The molecule has 0 radical (unpaired) electrons. The summed E-state index contributed by atoms with van der Waals surface area (Å²) in [5.74, 6) is 0.248. The van der Waals surface area contributed by atoms with Gasteiger partial charge in [0.25, 0.3) is 11.6 Å². The minimum Gasteiger partial charge on any atom is -0.388 e. The molecule has 0 heterocycles. The van der Waals surface area contributed by atoms with Crippen molar-refractivity contribution in [3.05, 3.63) is 33.9 Å². The molecule has 0 aliphatic heterocycles. The molecule has 21 heavy (non-hydrogen) atoms. The number of benzene rings is 1. The highest BCUT2D eigenvalue weighted by molar-refractivity contribution is 5.99. The molecule has 1 aromatic rings. The fraction of sp³-hybridized carbons (Fsp3) is 0.533. The third kappa shape index (κ3) is 5.41. The first kappa shape index (κ1) is 16.9. The van der Waals surface area contributed by atoms with Gasteiger partial charge in [-0.25, -0.2) is 0 Å². The zero-order valence-electron chi connectivity index (χ0n) is 12.8. The number of nitro groups is 1. The number of unbranched alkanes of at least 4 members (excludes halogenated alkanes) is 1. The number of carbonyl (C=O) groups excluding carboxylic acids is 1. The Morgan fingerprint density at radius 3 is 2.62 bits per heavy atom. The Labute approximate surface area is 125 Å². The Morgan fingerprint density at radius 1 is 1.33 bits per heavy atom. The van der Waals surface area contributed by atoms with Gasteiger partial charge in [0.15, 0.2) is 0 Å². The molecule has 0 unspecified atom stereocenters. The molecule has 6 heteroatoms. The number of nitro benzene ring substituents is 1. The first-order chi connectivity index (χ1) is 9.95. The molecule has 1 amide bonds. The zero-order chi connectivity index (χ0) is 15.8. The average molecular weight is 293 g/mol. The summed E-state index contributed by atoms with van der Waals surface area (Å²) in [6, 6.07) is 4.43. The molecule has 0 bridgehead atoms. The topological polar surface area (TPSA) is 84.3 Å². The molecule has 0 aliphatic rings. The summed E-state index contributed by atoms with van der Waals surface area (Å²) in [5, 5.41) is 16.6. The van der Waals surface area contributed by atoms with Gasteiger partial charge in [0.05, 0.1) is 4.92 Å². The fourth-order valence-corrected chi connectivity index (χ4v) is 2.01. The number of hydrogen-bond acceptors (Lipinski definition) is 4. The normalized spacial score (nSPS) is 10.5.